The largest absolute Gasteiger partial charge is 0.395 e. The molecule has 2 N–H and O–H groups in total. The molecular weight excluding hydrogens is 236 g/mol. The third-order valence-electron chi connectivity index (χ3n) is 6.55. The van der Waals surface area contributed by atoms with Crippen LogP contribution in [0.4, 0.5) is 0 Å². The Bertz CT molecular complexity index is 299. The summed E-state index contributed by atoms with van der Waals surface area (Å²) in [5.74, 6) is 4.75. The van der Waals surface area contributed by atoms with Crippen LogP contribution in [0.5, 0.6) is 0 Å². The zero-order chi connectivity index (χ0) is 12.8. The van der Waals surface area contributed by atoms with Gasteiger partial charge >= 0.3 is 0 Å². The molecule has 1 unspecified atom stereocenters. The molecule has 19 heavy (non-hydrogen) atoms. The summed E-state index contributed by atoms with van der Waals surface area (Å²) < 4.78 is 0. The van der Waals surface area contributed by atoms with Crippen molar-refractivity contribution < 1.29 is 5.11 Å². The molecule has 0 radical (unpaired) electrons. The number of nitrogens with one attached hydrogen (secondary N) is 1. The summed E-state index contributed by atoms with van der Waals surface area (Å²) in [6.07, 6.45) is 7.41. The topological polar surface area (TPSA) is 35.5 Å². The number of hydrogen-bond donors (Lipinski definition) is 2. The van der Waals surface area contributed by atoms with Gasteiger partial charge < -0.3 is 10.4 Å². The molecule has 0 amide bonds. The smallest absolute Gasteiger partial charge is 0.0589 e. The fourth-order valence-corrected chi connectivity index (χ4v) is 6.09. The molecule has 5 fully saturated rings. The number of aliphatic hydroxyl groups is 1. The maximum Gasteiger partial charge on any atom is 0.0589 e. The highest BCUT2D eigenvalue weighted by Crippen LogP contribution is 2.57. The van der Waals surface area contributed by atoms with Gasteiger partial charge in [-0.3, -0.25) is 4.90 Å². The Balaban J connectivity index is 1.53. The molecule has 0 spiro atoms. The van der Waals surface area contributed by atoms with E-state index in [0.29, 0.717) is 12.6 Å². The third kappa shape index (κ3) is 2.14. The molecule has 0 aromatic heterocycles. The van der Waals surface area contributed by atoms with E-state index in [4.69, 9.17) is 0 Å². The lowest BCUT2D eigenvalue weighted by molar-refractivity contribution is -0.0862. The van der Waals surface area contributed by atoms with Gasteiger partial charge in [-0.25, -0.2) is 0 Å². The second-order valence-electron chi connectivity index (χ2n) is 7.54. The number of piperazine rings is 1. The van der Waals surface area contributed by atoms with Crippen LogP contribution >= 0.6 is 0 Å². The Morgan fingerprint density at radius 1 is 0.947 bits per heavy atom. The normalized spacial score (nSPS) is 47.5. The Hall–Kier alpha value is -0.120. The highest BCUT2D eigenvalue weighted by molar-refractivity contribution is 5.02. The van der Waals surface area contributed by atoms with Crippen molar-refractivity contribution in [2.75, 3.05) is 32.8 Å². The molecule has 3 nitrogen and oxygen atoms in total. The van der Waals surface area contributed by atoms with Crippen molar-refractivity contribution in [2.24, 2.45) is 29.6 Å². The SMILES string of the molecule is OCC(C1C2CC3CC(C2)CC1C3)N1CCNCC1. The van der Waals surface area contributed by atoms with Gasteiger partial charge in [0.2, 0.25) is 0 Å². The van der Waals surface area contributed by atoms with Gasteiger partial charge in [-0.05, 0) is 61.7 Å². The number of hydrogen-bond acceptors (Lipinski definition) is 3. The molecule has 5 aliphatic rings. The van der Waals surface area contributed by atoms with E-state index in [1.807, 2.05) is 0 Å². The van der Waals surface area contributed by atoms with Crippen LogP contribution in [0.2, 0.25) is 0 Å². The van der Waals surface area contributed by atoms with Gasteiger partial charge in [0.05, 0.1) is 6.61 Å². The van der Waals surface area contributed by atoms with E-state index in [-0.39, 0.29) is 0 Å². The van der Waals surface area contributed by atoms with E-state index in [2.05, 4.69) is 10.2 Å². The molecule has 1 saturated heterocycles. The minimum Gasteiger partial charge on any atom is -0.395 e. The van der Waals surface area contributed by atoms with E-state index < -0.39 is 0 Å². The minimum atomic E-state index is 0.382. The second-order valence-corrected chi connectivity index (χ2v) is 7.54. The van der Waals surface area contributed by atoms with Crippen molar-refractivity contribution in [3.8, 4) is 0 Å². The lowest BCUT2D eigenvalue weighted by Gasteiger charge is -2.57. The summed E-state index contributed by atoms with van der Waals surface area (Å²) in [6, 6.07) is 0.456. The quantitative estimate of drug-likeness (QED) is 0.807. The number of aliphatic hydroxyl groups excluding tert-OH is 1. The number of rotatable bonds is 3. The minimum absolute atomic E-state index is 0.382. The standard InChI is InChI=1S/C16H28N2O/c19-10-15(18-3-1-17-2-4-18)16-13-6-11-5-12(8-13)9-14(16)7-11/h11-17,19H,1-10H2. The first kappa shape index (κ1) is 12.6. The van der Waals surface area contributed by atoms with Crippen molar-refractivity contribution in [2.45, 2.75) is 38.1 Å². The Labute approximate surface area is 116 Å². The van der Waals surface area contributed by atoms with Gasteiger partial charge in [0.25, 0.3) is 0 Å². The third-order valence-corrected chi connectivity index (χ3v) is 6.55. The molecule has 0 aromatic rings. The number of nitrogens with zero attached hydrogens (tertiary/aromatic N) is 1. The zero-order valence-electron chi connectivity index (χ0n) is 11.9. The maximum atomic E-state index is 10.0. The van der Waals surface area contributed by atoms with Gasteiger partial charge in [-0.2, -0.15) is 0 Å². The predicted octanol–water partition coefficient (Wildman–Crippen LogP) is 1.32. The molecule has 4 saturated carbocycles. The zero-order valence-corrected chi connectivity index (χ0v) is 11.9. The first-order valence-corrected chi connectivity index (χ1v) is 8.40. The van der Waals surface area contributed by atoms with Crippen LogP contribution in [-0.4, -0.2) is 48.8 Å². The average molecular weight is 264 g/mol. The van der Waals surface area contributed by atoms with Gasteiger partial charge in [-0.15, -0.1) is 0 Å². The molecule has 4 bridgehead atoms. The summed E-state index contributed by atoms with van der Waals surface area (Å²) in [5, 5.41) is 13.4. The van der Waals surface area contributed by atoms with Gasteiger partial charge in [0, 0.05) is 32.2 Å². The Kier molecular flexibility index (Phi) is 3.33. The summed E-state index contributed by atoms with van der Waals surface area (Å²) in [7, 11) is 0. The second kappa shape index (κ2) is 5.01. The van der Waals surface area contributed by atoms with Crippen LogP contribution in [0.25, 0.3) is 0 Å². The summed E-state index contributed by atoms with van der Waals surface area (Å²) >= 11 is 0. The average Bonchev–Trinajstić information content (AvgIpc) is 2.43. The van der Waals surface area contributed by atoms with E-state index in [1.165, 1.54) is 32.1 Å². The predicted molar refractivity (Wildman–Crippen MR) is 75.9 cm³/mol. The van der Waals surface area contributed by atoms with Crippen LogP contribution in [-0.2, 0) is 0 Å². The van der Waals surface area contributed by atoms with Crippen molar-refractivity contribution >= 4 is 0 Å². The van der Waals surface area contributed by atoms with Crippen molar-refractivity contribution in [3.63, 3.8) is 0 Å². The Morgan fingerprint density at radius 3 is 2.05 bits per heavy atom. The molecule has 1 aliphatic heterocycles. The highest BCUT2D eigenvalue weighted by Gasteiger charge is 2.51. The summed E-state index contributed by atoms with van der Waals surface area (Å²) in [4.78, 5) is 2.59. The van der Waals surface area contributed by atoms with Crippen molar-refractivity contribution in [3.05, 3.63) is 0 Å². The van der Waals surface area contributed by atoms with Crippen molar-refractivity contribution in [1.29, 1.82) is 0 Å². The Morgan fingerprint density at radius 2 is 1.53 bits per heavy atom. The van der Waals surface area contributed by atoms with Gasteiger partial charge in [0.15, 0.2) is 0 Å². The first-order valence-electron chi connectivity index (χ1n) is 8.40. The van der Waals surface area contributed by atoms with Gasteiger partial charge in [-0.1, -0.05) is 0 Å². The van der Waals surface area contributed by atoms with E-state index in [1.54, 1.807) is 0 Å². The molecule has 5 rings (SSSR count). The molecule has 4 aliphatic carbocycles. The maximum absolute atomic E-state index is 10.0. The van der Waals surface area contributed by atoms with Crippen LogP contribution < -0.4 is 5.32 Å². The summed E-state index contributed by atoms with van der Waals surface area (Å²) in [6.45, 7) is 4.85. The fraction of sp³-hybridized carbons (Fsp3) is 1.00. The monoisotopic (exact) mass is 264 g/mol. The first-order chi connectivity index (χ1) is 9.35. The van der Waals surface area contributed by atoms with E-state index >= 15 is 0 Å². The van der Waals surface area contributed by atoms with E-state index in [9.17, 15) is 5.11 Å². The molecule has 1 heterocycles. The van der Waals surface area contributed by atoms with Crippen LogP contribution in [0.15, 0.2) is 0 Å². The van der Waals surface area contributed by atoms with Crippen LogP contribution in [0.1, 0.15) is 32.1 Å². The fourth-order valence-electron chi connectivity index (χ4n) is 6.09. The van der Waals surface area contributed by atoms with Crippen LogP contribution in [0.3, 0.4) is 0 Å². The molecule has 3 heteroatoms. The van der Waals surface area contributed by atoms with Crippen molar-refractivity contribution in [1.82, 2.24) is 10.2 Å². The molecule has 1 atom stereocenters. The lowest BCUT2D eigenvalue weighted by Crippen LogP contribution is -2.58. The molecular formula is C16H28N2O. The highest BCUT2D eigenvalue weighted by atomic mass is 16.3. The van der Waals surface area contributed by atoms with E-state index in [0.717, 1.165) is 55.8 Å². The van der Waals surface area contributed by atoms with Crippen LogP contribution in [0, 0.1) is 29.6 Å². The molecule has 0 aromatic carbocycles. The molecule has 108 valence electrons. The van der Waals surface area contributed by atoms with Gasteiger partial charge in [0.1, 0.15) is 0 Å². The summed E-state index contributed by atoms with van der Waals surface area (Å²) in [5.41, 5.74) is 0. The lowest BCUT2D eigenvalue weighted by atomic mass is 9.50.